The minimum Gasteiger partial charge on any atom is -0.379 e. The number of piperidine rings is 1. The van der Waals surface area contributed by atoms with Gasteiger partial charge < -0.3 is 10.1 Å². The molecule has 0 saturated carbocycles. The molecule has 0 amide bonds. The summed E-state index contributed by atoms with van der Waals surface area (Å²) in [5, 5.41) is 3.68. The molecule has 3 rings (SSSR count). The third kappa shape index (κ3) is 5.27. The predicted octanol–water partition coefficient (Wildman–Crippen LogP) is 1.15. The zero-order valence-corrected chi connectivity index (χ0v) is 16.6. The van der Waals surface area contributed by atoms with Gasteiger partial charge in [-0.3, -0.25) is 4.90 Å². The Balaban J connectivity index is 1.46. The van der Waals surface area contributed by atoms with Gasteiger partial charge in [0.05, 0.1) is 19.0 Å². The van der Waals surface area contributed by atoms with Crippen molar-refractivity contribution in [1.29, 1.82) is 0 Å². The summed E-state index contributed by atoms with van der Waals surface area (Å²) in [7, 11) is -0.00704. The number of ether oxygens (including phenoxy) is 1. The molecule has 2 aliphatic heterocycles. The van der Waals surface area contributed by atoms with Crippen molar-refractivity contribution >= 4 is 10.0 Å². The van der Waals surface area contributed by atoms with Crippen molar-refractivity contribution < 1.29 is 13.2 Å². The molecule has 146 valence electrons. The number of likely N-dealkylation sites (tertiary alicyclic amines) is 1. The number of benzene rings is 1. The van der Waals surface area contributed by atoms with Gasteiger partial charge in [-0.1, -0.05) is 30.3 Å². The first-order chi connectivity index (χ1) is 12.4. The van der Waals surface area contributed by atoms with Gasteiger partial charge in [-0.2, -0.15) is 0 Å². The lowest BCUT2D eigenvalue weighted by molar-refractivity contribution is 0.167. The first-order valence-corrected chi connectivity index (χ1v) is 11.1. The van der Waals surface area contributed by atoms with Gasteiger partial charge in [0, 0.05) is 38.6 Å². The molecule has 2 atom stereocenters. The Bertz CT molecular complexity index is 658. The molecule has 2 heterocycles. The van der Waals surface area contributed by atoms with Crippen LogP contribution in [0.15, 0.2) is 30.3 Å². The predicted molar refractivity (Wildman–Crippen MR) is 103 cm³/mol. The van der Waals surface area contributed by atoms with Crippen molar-refractivity contribution in [3.8, 4) is 0 Å². The normalized spacial score (nSPS) is 25.8. The third-order valence-electron chi connectivity index (χ3n) is 5.47. The maximum absolute atomic E-state index is 12.2. The third-order valence-corrected chi connectivity index (χ3v) is 7.43. The van der Waals surface area contributed by atoms with Crippen molar-refractivity contribution in [3.63, 3.8) is 0 Å². The molecule has 6 nitrogen and oxygen atoms in total. The van der Waals surface area contributed by atoms with Crippen LogP contribution in [0.2, 0.25) is 0 Å². The van der Waals surface area contributed by atoms with Crippen LogP contribution >= 0.6 is 0 Å². The Morgan fingerprint density at radius 3 is 2.50 bits per heavy atom. The van der Waals surface area contributed by atoms with E-state index in [1.807, 2.05) is 0 Å². The summed E-state index contributed by atoms with van der Waals surface area (Å²) in [5.41, 5.74) is 1.36. The molecule has 2 fully saturated rings. The molecule has 0 unspecified atom stereocenters. The summed E-state index contributed by atoms with van der Waals surface area (Å²) in [4.78, 5) is 2.49. The van der Waals surface area contributed by atoms with Gasteiger partial charge in [-0.15, -0.1) is 0 Å². The SMILES string of the molecule is CN(C)S(=O)(=O)C[C@@H]1COC[C@@H]1NC1CCN(Cc2ccccc2)CC1. The Kier molecular flexibility index (Phi) is 6.69. The average Bonchev–Trinajstić information content (AvgIpc) is 3.03. The van der Waals surface area contributed by atoms with Crippen LogP contribution in [0.5, 0.6) is 0 Å². The molecule has 1 aromatic carbocycles. The minimum atomic E-state index is -3.19. The van der Waals surface area contributed by atoms with Gasteiger partial charge in [0.15, 0.2) is 0 Å². The minimum absolute atomic E-state index is 0.0322. The maximum atomic E-state index is 12.2. The average molecular weight is 382 g/mol. The zero-order valence-electron chi connectivity index (χ0n) is 15.8. The van der Waals surface area contributed by atoms with Crippen LogP contribution in [0, 0.1) is 5.92 Å². The van der Waals surface area contributed by atoms with E-state index in [2.05, 4.69) is 40.5 Å². The Labute approximate surface area is 157 Å². The van der Waals surface area contributed by atoms with E-state index < -0.39 is 10.0 Å². The van der Waals surface area contributed by atoms with Crippen LogP contribution < -0.4 is 5.32 Å². The number of nitrogens with one attached hydrogen (secondary N) is 1. The quantitative estimate of drug-likeness (QED) is 0.768. The summed E-state index contributed by atoms with van der Waals surface area (Å²) in [6.45, 7) is 4.28. The fraction of sp³-hybridized carbons (Fsp3) is 0.684. The lowest BCUT2D eigenvalue weighted by atomic mass is 10.00. The van der Waals surface area contributed by atoms with Crippen molar-refractivity contribution in [2.45, 2.75) is 31.5 Å². The van der Waals surface area contributed by atoms with Gasteiger partial charge >= 0.3 is 0 Å². The zero-order chi connectivity index (χ0) is 18.6. The molecular weight excluding hydrogens is 350 g/mol. The van der Waals surface area contributed by atoms with Crippen molar-refractivity contribution in [1.82, 2.24) is 14.5 Å². The second-order valence-corrected chi connectivity index (χ2v) is 9.90. The van der Waals surface area contributed by atoms with E-state index in [0.717, 1.165) is 32.5 Å². The smallest absolute Gasteiger partial charge is 0.214 e. The van der Waals surface area contributed by atoms with Crippen LogP contribution in [-0.2, 0) is 21.3 Å². The van der Waals surface area contributed by atoms with Gasteiger partial charge in [-0.05, 0) is 31.5 Å². The second-order valence-electron chi connectivity index (χ2n) is 7.67. The van der Waals surface area contributed by atoms with Gasteiger partial charge in [-0.25, -0.2) is 12.7 Å². The summed E-state index contributed by atoms with van der Waals surface area (Å²) in [6, 6.07) is 11.2. The maximum Gasteiger partial charge on any atom is 0.214 e. The van der Waals surface area contributed by atoms with Crippen LogP contribution in [0.3, 0.4) is 0 Å². The molecule has 0 radical (unpaired) electrons. The summed E-state index contributed by atoms with van der Waals surface area (Å²) >= 11 is 0. The molecule has 2 aliphatic rings. The molecule has 0 aliphatic carbocycles. The molecule has 7 heteroatoms. The van der Waals surface area contributed by atoms with E-state index in [1.165, 1.54) is 9.87 Å². The highest BCUT2D eigenvalue weighted by molar-refractivity contribution is 7.89. The van der Waals surface area contributed by atoms with Crippen LogP contribution in [-0.4, -0.2) is 75.9 Å². The van der Waals surface area contributed by atoms with Crippen molar-refractivity contribution in [2.24, 2.45) is 5.92 Å². The number of rotatable bonds is 7. The number of hydrogen-bond donors (Lipinski definition) is 1. The molecule has 1 N–H and O–H groups in total. The van der Waals surface area contributed by atoms with Gasteiger partial charge in [0.25, 0.3) is 0 Å². The Hall–Kier alpha value is -0.990. The molecular formula is C19H31N3O3S. The Morgan fingerprint density at radius 2 is 1.85 bits per heavy atom. The number of nitrogens with zero attached hydrogens (tertiary/aromatic N) is 2. The second kappa shape index (κ2) is 8.80. The summed E-state index contributed by atoms with van der Waals surface area (Å²) in [6.07, 6.45) is 2.19. The number of sulfonamides is 1. The highest BCUT2D eigenvalue weighted by Crippen LogP contribution is 2.20. The fourth-order valence-electron chi connectivity index (χ4n) is 3.77. The van der Waals surface area contributed by atoms with Crippen LogP contribution in [0.1, 0.15) is 18.4 Å². The van der Waals surface area contributed by atoms with Crippen molar-refractivity contribution in [3.05, 3.63) is 35.9 Å². The molecule has 0 spiro atoms. The first kappa shape index (κ1) is 19.8. The van der Waals surface area contributed by atoms with E-state index in [4.69, 9.17) is 4.74 Å². The topological polar surface area (TPSA) is 61.9 Å². The first-order valence-electron chi connectivity index (χ1n) is 9.44. The lowest BCUT2D eigenvalue weighted by Gasteiger charge is -2.34. The van der Waals surface area contributed by atoms with E-state index >= 15 is 0 Å². The highest BCUT2D eigenvalue weighted by Gasteiger charge is 2.34. The van der Waals surface area contributed by atoms with Crippen LogP contribution in [0.4, 0.5) is 0 Å². The number of hydrogen-bond acceptors (Lipinski definition) is 5. The van der Waals surface area contributed by atoms with Crippen LogP contribution in [0.25, 0.3) is 0 Å². The lowest BCUT2D eigenvalue weighted by Crippen LogP contribution is -2.49. The monoisotopic (exact) mass is 381 g/mol. The highest BCUT2D eigenvalue weighted by atomic mass is 32.2. The molecule has 2 saturated heterocycles. The fourth-order valence-corrected chi connectivity index (χ4v) is 4.94. The standard InChI is InChI=1S/C19H31N3O3S/c1-21(2)26(23,24)15-17-13-25-14-19(17)20-18-8-10-22(11-9-18)12-16-6-4-3-5-7-16/h3-7,17-20H,8-15H2,1-2H3/t17-,19-/m0/s1. The van der Waals surface area contributed by atoms with E-state index in [9.17, 15) is 8.42 Å². The van der Waals surface area contributed by atoms with E-state index in [1.54, 1.807) is 14.1 Å². The molecule has 26 heavy (non-hydrogen) atoms. The Morgan fingerprint density at radius 1 is 1.15 bits per heavy atom. The summed E-state index contributed by atoms with van der Waals surface area (Å²) < 4.78 is 31.2. The van der Waals surface area contributed by atoms with E-state index in [0.29, 0.717) is 19.3 Å². The van der Waals surface area contributed by atoms with Crippen molar-refractivity contribution in [2.75, 3.05) is 46.2 Å². The van der Waals surface area contributed by atoms with E-state index in [-0.39, 0.29) is 17.7 Å². The van der Waals surface area contributed by atoms with Gasteiger partial charge in [0.1, 0.15) is 0 Å². The van der Waals surface area contributed by atoms with Gasteiger partial charge in [0.2, 0.25) is 10.0 Å². The molecule has 0 aromatic heterocycles. The molecule has 1 aromatic rings. The largest absolute Gasteiger partial charge is 0.379 e. The summed E-state index contributed by atoms with van der Waals surface area (Å²) in [5.74, 6) is 0.189. The molecule has 0 bridgehead atoms.